The summed E-state index contributed by atoms with van der Waals surface area (Å²) >= 11 is 7.37. The van der Waals surface area contributed by atoms with Gasteiger partial charge in [0, 0.05) is 10.8 Å². The minimum Gasteiger partial charge on any atom is -0.484 e. The van der Waals surface area contributed by atoms with Crippen molar-refractivity contribution in [2.75, 3.05) is 0 Å². The number of fused-ring (bicyclic) bond motifs is 1. The molecular formula is C20H15ClN2O2S. The van der Waals surface area contributed by atoms with Crippen LogP contribution in [0.3, 0.4) is 0 Å². The summed E-state index contributed by atoms with van der Waals surface area (Å²) in [6, 6.07) is 21.8. The smallest absolute Gasteiger partial charge is 0.277 e. The van der Waals surface area contributed by atoms with Crippen LogP contribution in [-0.2, 0) is 12.4 Å². The van der Waals surface area contributed by atoms with Crippen LogP contribution in [0.25, 0.3) is 10.8 Å². The quantitative estimate of drug-likeness (QED) is 0.397. The molecule has 0 radical (unpaired) electrons. The van der Waals surface area contributed by atoms with Crippen molar-refractivity contribution in [1.82, 2.24) is 10.2 Å². The van der Waals surface area contributed by atoms with Gasteiger partial charge in [-0.1, -0.05) is 65.8 Å². The Morgan fingerprint density at radius 3 is 2.58 bits per heavy atom. The maximum atomic E-state index is 5.89. The van der Waals surface area contributed by atoms with Gasteiger partial charge in [0.25, 0.3) is 11.1 Å². The molecule has 26 heavy (non-hydrogen) atoms. The first-order valence-corrected chi connectivity index (χ1v) is 9.44. The molecule has 1 aromatic heterocycles. The highest BCUT2D eigenvalue weighted by Crippen LogP contribution is 2.24. The number of hydrogen-bond acceptors (Lipinski definition) is 5. The summed E-state index contributed by atoms with van der Waals surface area (Å²) in [7, 11) is 0. The number of ether oxygens (including phenoxy) is 1. The molecule has 3 aromatic carbocycles. The lowest BCUT2D eigenvalue weighted by Gasteiger charge is -2.04. The van der Waals surface area contributed by atoms with Crippen LogP contribution in [0.4, 0.5) is 0 Å². The van der Waals surface area contributed by atoms with Crippen molar-refractivity contribution in [3.63, 3.8) is 0 Å². The molecule has 1 heterocycles. The lowest BCUT2D eigenvalue weighted by molar-refractivity contribution is 0.252. The van der Waals surface area contributed by atoms with Crippen LogP contribution in [0.1, 0.15) is 11.5 Å². The summed E-state index contributed by atoms with van der Waals surface area (Å²) in [4.78, 5) is 0. The zero-order valence-corrected chi connectivity index (χ0v) is 15.3. The molecule has 0 aliphatic rings. The first kappa shape index (κ1) is 16.9. The van der Waals surface area contributed by atoms with Crippen LogP contribution in [0.5, 0.6) is 5.75 Å². The Hall–Kier alpha value is -2.50. The average Bonchev–Trinajstić information content (AvgIpc) is 3.14. The van der Waals surface area contributed by atoms with E-state index in [0.29, 0.717) is 11.1 Å². The fraction of sp³-hybridized carbons (Fsp3) is 0.100. The fourth-order valence-electron chi connectivity index (χ4n) is 2.48. The molecule has 0 fully saturated rings. The van der Waals surface area contributed by atoms with Gasteiger partial charge in [0.15, 0.2) is 6.61 Å². The Morgan fingerprint density at radius 2 is 1.73 bits per heavy atom. The molecule has 0 saturated carbocycles. The van der Waals surface area contributed by atoms with Gasteiger partial charge in [0.1, 0.15) is 5.75 Å². The van der Waals surface area contributed by atoms with Crippen LogP contribution >= 0.6 is 23.4 Å². The average molecular weight is 383 g/mol. The Labute approximate surface area is 160 Å². The molecule has 4 aromatic rings. The summed E-state index contributed by atoms with van der Waals surface area (Å²) in [5.41, 5.74) is 1.14. The highest BCUT2D eigenvalue weighted by atomic mass is 35.5. The van der Waals surface area contributed by atoms with Gasteiger partial charge in [-0.25, -0.2) is 0 Å². The molecule has 0 spiro atoms. The Balaban J connectivity index is 1.34. The standard InChI is InChI=1S/C20H15ClN2O2S/c21-17-8-5-14(6-9-17)13-26-20-23-22-19(25-20)12-24-18-10-7-15-3-1-2-4-16(15)11-18/h1-11H,12-13H2. The van der Waals surface area contributed by atoms with E-state index in [0.717, 1.165) is 27.5 Å². The normalized spacial score (nSPS) is 11.0. The van der Waals surface area contributed by atoms with E-state index in [1.54, 1.807) is 0 Å². The van der Waals surface area contributed by atoms with Crippen molar-refractivity contribution < 1.29 is 9.15 Å². The van der Waals surface area contributed by atoms with Crippen molar-refractivity contribution in [3.05, 3.63) is 83.2 Å². The Morgan fingerprint density at radius 1 is 0.923 bits per heavy atom. The maximum Gasteiger partial charge on any atom is 0.277 e. The van der Waals surface area contributed by atoms with Gasteiger partial charge in [-0.05, 0) is 40.6 Å². The molecule has 4 rings (SSSR count). The number of thioether (sulfide) groups is 1. The van der Waals surface area contributed by atoms with Gasteiger partial charge in [-0.3, -0.25) is 0 Å². The molecule has 0 unspecified atom stereocenters. The Kier molecular flexibility index (Phi) is 5.09. The second-order valence-corrected chi connectivity index (χ2v) is 7.04. The van der Waals surface area contributed by atoms with Crippen molar-refractivity contribution >= 4 is 34.1 Å². The molecule has 0 bridgehead atoms. The Bertz CT molecular complexity index is 1020. The maximum absolute atomic E-state index is 5.89. The number of hydrogen-bond donors (Lipinski definition) is 0. The molecule has 0 aliphatic heterocycles. The third-order valence-electron chi connectivity index (χ3n) is 3.81. The zero-order chi connectivity index (χ0) is 17.8. The van der Waals surface area contributed by atoms with E-state index in [9.17, 15) is 0 Å². The number of nitrogens with zero attached hydrogens (tertiary/aromatic N) is 2. The summed E-state index contributed by atoms with van der Waals surface area (Å²) in [5, 5.41) is 11.7. The van der Waals surface area contributed by atoms with Crippen molar-refractivity contribution in [3.8, 4) is 5.75 Å². The van der Waals surface area contributed by atoms with Crippen LogP contribution in [0, 0.1) is 0 Å². The molecule has 0 saturated heterocycles. The van der Waals surface area contributed by atoms with Crippen LogP contribution in [0.15, 0.2) is 76.4 Å². The van der Waals surface area contributed by atoms with E-state index in [4.69, 9.17) is 20.8 Å². The van der Waals surface area contributed by atoms with Gasteiger partial charge in [-0.15, -0.1) is 10.2 Å². The van der Waals surface area contributed by atoms with Gasteiger partial charge in [-0.2, -0.15) is 0 Å². The highest BCUT2D eigenvalue weighted by molar-refractivity contribution is 7.98. The lowest BCUT2D eigenvalue weighted by atomic mass is 10.1. The molecule has 4 nitrogen and oxygen atoms in total. The van der Waals surface area contributed by atoms with Gasteiger partial charge < -0.3 is 9.15 Å². The lowest BCUT2D eigenvalue weighted by Crippen LogP contribution is -1.95. The van der Waals surface area contributed by atoms with E-state index < -0.39 is 0 Å². The number of halogens is 1. The van der Waals surface area contributed by atoms with Crippen molar-refractivity contribution in [2.45, 2.75) is 17.6 Å². The monoisotopic (exact) mass is 382 g/mol. The second-order valence-electron chi connectivity index (χ2n) is 5.67. The molecular weight excluding hydrogens is 368 g/mol. The van der Waals surface area contributed by atoms with E-state index in [2.05, 4.69) is 22.3 Å². The number of benzene rings is 3. The van der Waals surface area contributed by atoms with Gasteiger partial charge in [0.05, 0.1) is 0 Å². The van der Waals surface area contributed by atoms with E-state index >= 15 is 0 Å². The molecule has 0 atom stereocenters. The molecule has 0 N–H and O–H groups in total. The van der Waals surface area contributed by atoms with Gasteiger partial charge in [0.2, 0.25) is 0 Å². The molecule has 6 heteroatoms. The summed E-state index contributed by atoms with van der Waals surface area (Å²) in [6.45, 7) is 0.243. The topological polar surface area (TPSA) is 48.2 Å². The van der Waals surface area contributed by atoms with E-state index in [1.807, 2.05) is 54.6 Å². The highest BCUT2D eigenvalue weighted by Gasteiger charge is 2.08. The zero-order valence-electron chi connectivity index (χ0n) is 13.8. The van der Waals surface area contributed by atoms with Crippen LogP contribution in [0.2, 0.25) is 5.02 Å². The van der Waals surface area contributed by atoms with Gasteiger partial charge >= 0.3 is 0 Å². The summed E-state index contributed by atoms with van der Waals surface area (Å²) in [5.74, 6) is 1.97. The third kappa shape index (κ3) is 4.18. The van der Waals surface area contributed by atoms with Crippen molar-refractivity contribution in [2.24, 2.45) is 0 Å². The van der Waals surface area contributed by atoms with E-state index in [-0.39, 0.29) is 6.61 Å². The molecule has 0 aliphatic carbocycles. The minimum absolute atomic E-state index is 0.243. The third-order valence-corrected chi connectivity index (χ3v) is 4.95. The van der Waals surface area contributed by atoms with Crippen LogP contribution < -0.4 is 4.74 Å². The SMILES string of the molecule is Clc1ccc(CSc2nnc(COc3ccc4ccccc4c3)o2)cc1. The summed E-state index contributed by atoms with van der Waals surface area (Å²) < 4.78 is 11.4. The molecule has 130 valence electrons. The number of rotatable bonds is 6. The fourth-order valence-corrected chi connectivity index (χ4v) is 3.35. The number of aromatic nitrogens is 2. The van der Waals surface area contributed by atoms with E-state index in [1.165, 1.54) is 17.1 Å². The predicted octanol–water partition coefficient (Wildman–Crippen LogP) is 5.75. The van der Waals surface area contributed by atoms with Crippen molar-refractivity contribution in [1.29, 1.82) is 0 Å². The summed E-state index contributed by atoms with van der Waals surface area (Å²) in [6.07, 6.45) is 0. The predicted molar refractivity (Wildman–Crippen MR) is 104 cm³/mol. The minimum atomic E-state index is 0.243. The van der Waals surface area contributed by atoms with Crippen LogP contribution in [-0.4, -0.2) is 10.2 Å². The largest absolute Gasteiger partial charge is 0.484 e. The first-order valence-electron chi connectivity index (χ1n) is 8.07. The second kappa shape index (κ2) is 7.81. The molecule has 0 amide bonds. The first-order chi connectivity index (χ1) is 12.8.